The highest BCUT2D eigenvalue weighted by Gasteiger charge is 2.10. The van der Waals surface area contributed by atoms with Gasteiger partial charge in [0.25, 0.3) is 0 Å². The first-order valence-electron chi connectivity index (χ1n) is 4.74. The topological polar surface area (TPSA) is 12.0 Å². The minimum absolute atomic E-state index is 0.149. The molecule has 0 bridgehead atoms. The average molecular weight is 179 g/mol. The van der Waals surface area contributed by atoms with E-state index in [4.69, 9.17) is 0 Å². The summed E-state index contributed by atoms with van der Waals surface area (Å²) in [5.41, 5.74) is 1.39. The zero-order chi connectivity index (χ0) is 10.3. The van der Waals surface area contributed by atoms with E-state index in [1.807, 2.05) is 18.4 Å². The fourth-order valence-electron chi connectivity index (χ4n) is 0.823. The predicted molar refractivity (Wildman–Crippen MR) is 60.6 cm³/mol. The molecule has 0 rings (SSSR count). The summed E-state index contributed by atoms with van der Waals surface area (Å²) in [7, 11) is 0. The van der Waals surface area contributed by atoms with E-state index in [1.165, 1.54) is 5.57 Å². The van der Waals surface area contributed by atoms with Crippen molar-refractivity contribution >= 4 is 0 Å². The lowest BCUT2D eigenvalue weighted by molar-refractivity contribution is 0.464. The second-order valence-electron chi connectivity index (χ2n) is 3.85. The molecule has 0 radical (unpaired) electrons. The van der Waals surface area contributed by atoms with E-state index in [0.29, 0.717) is 0 Å². The summed E-state index contributed by atoms with van der Waals surface area (Å²) in [6, 6.07) is 0. The van der Waals surface area contributed by atoms with Crippen LogP contribution in [0.25, 0.3) is 0 Å². The van der Waals surface area contributed by atoms with Gasteiger partial charge in [0.2, 0.25) is 0 Å². The van der Waals surface area contributed by atoms with Crippen LogP contribution in [0.4, 0.5) is 0 Å². The molecule has 0 amide bonds. The van der Waals surface area contributed by atoms with Crippen molar-refractivity contribution in [2.45, 2.75) is 27.2 Å². The molecule has 1 N–H and O–H groups in total. The van der Waals surface area contributed by atoms with Crippen LogP contribution in [0.5, 0.6) is 0 Å². The van der Waals surface area contributed by atoms with Crippen molar-refractivity contribution < 1.29 is 0 Å². The smallest absolute Gasteiger partial charge is 0.0227 e. The van der Waals surface area contributed by atoms with Crippen molar-refractivity contribution in [2.75, 3.05) is 6.54 Å². The summed E-state index contributed by atoms with van der Waals surface area (Å²) in [5.74, 6) is 0. The molecule has 0 aliphatic carbocycles. The normalized spacial score (nSPS) is 12.4. The highest BCUT2D eigenvalue weighted by Crippen LogP contribution is 2.13. The molecule has 0 atom stereocenters. The van der Waals surface area contributed by atoms with E-state index in [2.05, 4.69) is 39.2 Å². The van der Waals surface area contributed by atoms with E-state index < -0.39 is 0 Å². The van der Waals surface area contributed by atoms with Crippen molar-refractivity contribution in [2.24, 2.45) is 5.41 Å². The van der Waals surface area contributed by atoms with Gasteiger partial charge in [-0.2, -0.15) is 0 Å². The largest absolute Gasteiger partial charge is 0.390 e. The molecule has 0 aromatic carbocycles. The third-order valence-electron chi connectivity index (χ3n) is 2.07. The standard InChI is InChI=1S/C12H21N/c1-6-11(7-2)9-13-10-12(4,5)8-3/h6,8-9,13H,1,3,7,10H2,2,4-5H3/b11-9+. The third kappa shape index (κ3) is 5.29. The Morgan fingerprint density at radius 3 is 2.38 bits per heavy atom. The molecule has 1 nitrogen and oxygen atoms in total. The van der Waals surface area contributed by atoms with Gasteiger partial charge in [-0.15, -0.1) is 6.58 Å². The molecular weight excluding hydrogens is 158 g/mol. The van der Waals surface area contributed by atoms with Crippen LogP contribution >= 0.6 is 0 Å². The number of allylic oxidation sites excluding steroid dienone is 2. The van der Waals surface area contributed by atoms with E-state index in [1.54, 1.807) is 0 Å². The van der Waals surface area contributed by atoms with E-state index in [-0.39, 0.29) is 5.41 Å². The SMILES string of the molecule is C=C/C(=C\NCC(C)(C)C=C)CC. The predicted octanol–water partition coefficient (Wildman–Crippen LogP) is 3.27. The molecule has 13 heavy (non-hydrogen) atoms. The number of nitrogens with one attached hydrogen (secondary N) is 1. The maximum absolute atomic E-state index is 3.79. The Morgan fingerprint density at radius 1 is 1.38 bits per heavy atom. The Labute approximate surface area is 82.2 Å². The van der Waals surface area contributed by atoms with Gasteiger partial charge in [-0.05, 0) is 23.6 Å². The maximum Gasteiger partial charge on any atom is 0.0227 e. The quantitative estimate of drug-likeness (QED) is 0.487. The number of hydrogen-bond acceptors (Lipinski definition) is 1. The van der Waals surface area contributed by atoms with Crippen LogP contribution in [0.3, 0.4) is 0 Å². The van der Waals surface area contributed by atoms with Crippen LogP contribution in [0.2, 0.25) is 0 Å². The molecule has 0 fully saturated rings. The lowest BCUT2D eigenvalue weighted by Gasteiger charge is -2.19. The minimum atomic E-state index is 0.149. The Balaban J connectivity index is 3.96. The van der Waals surface area contributed by atoms with Gasteiger partial charge in [0, 0.05) is 6.54 Å². The first-order chi connectivity index (χ1) is 6.05. The molecule has 0 spiro atoms. The molecule has 0 aliphatic rings. The van der Waals surface area contributed by atoms with Gasteiger partial charge in [-0.25, -0.2) is 0 Å². The molecular formula is C12H21N. The Bertz CT molecular complexity index is 199. The first-order valence-corrected chi connectivity index (χ1v) is 4.74. The van der Waals surface area contributed by atoms with Gasteiger partial charge in [-0.3, -0.25) is 0 Å². The maximum atomic E-state index is 3.79. The summed E-state index contributed by atoms with van der Waals surface area (Å²) >= 11 is 0. The van der Waals surface area contributed by atoms with E-state index >= 15 is 0 Å². The van der Waals surface area contributed by atoms with Gasteiger partial charge in [0.1, 0.15) is 0 Å². The van der Waals surface area contributed by atoms with Crippen LogP contribution < -0.4 is 5.32 Å². The molecule has 0 saturated carbocycles. The molecule has 0 unspecified atom stereocenters. The molecule has 0 aromatic rings. The molecule has 0 aliphatic heterocycles. The van der Waals surface area contributed by atoms with E-state index in [9.17, 15) is 0 Å². The van der Waals surface area contributed by atoms with Crippen LogP contribution in [-0.2, 0) is 0 Å². The summed E-state index contributed by atoms with van der Waals surface area (Å²) in [6.45, 7) is 14.9. The summed E-state index contributed by atoms with van der Waals surface area (Å²) in [4.78, 5) is 0. The molecule has 74 valence electrons. The lowest BCUT2D eigenvalue weighted by atomic mass is 9.94. The average Bonchev–Trinajstić information content (AvgIpc) is 2.12. The first kappa shape index (κ1) is 12.0. The van der Waals surface area contributed by atoms with Crippen molar-refractivity contribution in [3.63, 3.8) is 0 Å². The Kier molecular flexibility index (Phi) is 5.20. The zero-order valence-electron chi connectivity index (χ0n) is 9.06. The lowest BCUT2D eigenvalue weighted by Crippen LogP contribution is -2.23. The number of rotatable bonds is 6. The van der Waals surface area contributed by atoms with Gasteiger partial charge >= 0.3 is 0 Å². The third-order valence-corrected chi connectivity index (χ3v) is 2.07. The molecule has 0 heterocycles. The molecule has 1 heteroatoms. The van der Waals surface area contributed by atoms with Crippen molar-refractivity contribution in [3.05, 3.63) is 37.1 Å². The second kappa shape index (κ2) is 5.63. The monoisotopic (exact) mass is 179 g/mol. The summed E-state index contributed by atoms with van der Waals surface area (Å²) < 4.78 is 0. The molecule has 0 aromatic heterocycles. The molecule has 0 saturated heterocycles. The summed E-state index contributed by atoms with van der Waals surface area (Å²) in [6.07, 6.45) is 6.89. The number of hydrogen-bond donors (Lipinski definition) is 1. The van der Waals surface area contributed by atoms with Gasteiger partial charge in [0.15, 0.2) is 0 Å². The highest BCUT2D eigenvalue weighted by molar-refractivity contribution is 5.14. The van der Waals surface area contributed by atoms with Crippen LogP contribution in [-0.4, -0.2) is 6.54 Å². The summed E-state index contributed by atoms with van der Waals surface area (Å²) in [5, 5.41) is 3.27. The van der Waals surface area contributed by atoms with Gasteiger partial charge in [0.05, 0.1) is 0 Å². The van der Waals surface area contributed by atoms with E-state index in [0.717, 1.165) is 13.0 Å². The van der Waals surface area contributed by atoms with Gasteiger partial charge < -0.3 is 5.32 Å². The van der Waals surface area contributed by atoms with Crippen LogP contribution in [0.15, 0.2) is 37.1 Å². The van der Waals surface area contributed by atoms with Crippen molar-refractivity contribution in [1.29, 1.82) is 0 Å². The van der Waals surface area contributed by atoms with Crippen LogP contribution in [0.1, 0.15) is 27.2 Å². The second-order valence-corrected chi connectivity index (χ2v) is 3.85. The fraction of sp³-hybridized carbons (Fsp3) is 0.500. The Morgan fingerprint density at radius 2 is 2.00 bits per heavy atom. The Hall–Kier alpha value is -0.980. The van der Waals surface area contributed by atoms with Crippen molar-refractivity contribution in [3.8, 4) is 0 Å². The minimum Gasteiger partial charge on any atom is -0.390 e. The zero-order valence-corrected chi connectivity index (χ0v) is 9.06. The fourth-order valence-corrected chi connectivity index (χ4v) is 0.823. The van der Waals surface area contributed by atoms with Crippen molar-refractivity contribution in [1.82, 2.24) is 5.32 Å². The van der Waals surface area contributed by atoms with Gasteiger partial charge in [-0.1, -0.05) is 39.5 Å². The highest BCUT2D eigenvalue weighted by atomic mass is 14.8. The van der Waals surface area contributed by atoms with Crippen LogP contribution in [0, 0.1) is 5.41 Å².